The van der Waals surface area contributed by atoms with E-state index < -0.39 is 0 Å². The molecule has 0 aliphatic carbocycles. The first-order chi connectivity index (χ1) is 11.2. The quantitative estimate of drug-likeness (QED) is 0.773. The molecule has 1 aliphatic rings. The van der Waals surface area contributed by atoms with Crippen LogP contribution in [0.1, 0.15) is 10.4 Å². The Morgan fingerprint density at radius 3 is 2.96 bits per heavy atom. The van der Waals surface area contributed by atoms with Gasteiger partial charge in [-0.25, -0.2) is 9.97 Å². The molecule has 1 aliphatic heterocycles. The first-order valence-corrected chi connectivity index (χ1v) is 8.02. The zero-order chi connectivity index (χ0) is 15.8. The van der Waals surface area contributed by atoms with Crippen molar-refractivity contribution in [1.29, 1.82) is 0 Å². The molecule has 0 saturated carbocycles. The summed E-state index contributed by atoms with van der Waals surface area (Å²) in [5, 5.41) is 2.51. The Hall–Kier alpha value is -2.74. The fourth-order valence-corrected chi connectivity index (χ4v) is 3.33. The number of aromatic nitrogens is 3. The van der Waals surface area contributed by atoms with Gasteiger partial charge >= 0.3 is 0 Å². The molecule has 0 bridgehead atoms. The fourth-order valence-electron chi connectivity index (χ4n) is 2.65. The second-order valence-electron chi connectivity index (χ2n) is 5.22. The van der Waals surface area contributed by atoms with Gasteiger partial charge in [0, 0.05) is 30.2 Å². The van der Waals surface area contributed by atoms with Crippen molar-refractivity contribution in [2.75, 3.05) is 24.5 Å². The van der Waals surface area contributed by atoms with E-state index in [0.29, 0.717) is 23.8 Å². The van der Waals surface area contributed by atoms with E-state index in [0.717, 1.165) is 11.0 Å². The molecule has 0 radical (unpaired) electrons. The van der Waals surface area contributed by atoms with Crippen LogP contribution in [0, 0.1) is 0 Å². The number of carbonyl (C=O) groups excluding carboxylic acids is 2. The maximum atomic E-state index is 12.6. The van der Waals surface area contributed by atoms with Gasteiger partial charge < -0.3 is 9.88 Å². The van der Waals surface area contributed by atoms with Gasteiger partial charge in [-0.2, -0.15) is 0 Å². The highest BCUT2D eigenvalue weighted by atomic mass is 32.1. The lowest BCUT2D eigenvalue weighted by Gasteiger charge is -2.32. The number of carbonyl (C=O) groups is 2. The third kappa shape index (κ3) is 2.46. The average Bonchev–Trinajstić information content (AvgIpc) is 3.24. The summed E-state index contributed by atoms with van der Waals surface area (Å²) in [5.74, 6) is -0.254. The molecular formula is C15H13N5O2S. The molecule has 1 fully saturated rings. The Balaban J connectivity index is 1.52. The van der Waals surface area contributed by atoms with E-state index in [1.54, 1.807) is 40.5 Å². The highest BCUT2D eigenvalue weighted by molar-refractivity contribution is 7.13. The van der Waals surface area contributed by atoms with E-state index in [2.05, 4.69) is 15.0 Å². The Kier molecular flexibility index (Phi) is 3.30. The molecule has 2 aromatic heterocycles. The molecular weight excluding hydrogens is 314 g/mol. The molecule has 116 valence electrons. The molecule has 3 heterocycles. The number of nitrogens with one attached hydrogen (secondary N) is 1. The molecule has 1 saturated heterocycles. The molecule has 7 nitrogen and oxygen atoms in total. The van der Waals surface area contributed by atoms with E-state index in [-0.39, 0.29) is 18.4 Å². The molecule has 3 aromatic rings. The van der Waals surface area contributed by atoms with Gasteiger partial charge in [-0.05, 0) is 18.2 Å². The normalized spacial score (nSPS) is 15.4. The second-order valence-corrected chi connectivity index (χ2v) is 6.09. The molecule has 4 rings (SSSR count). The van der Waals surface area contributed by atoms with Crippen LogP contribution < -0.4 is 4.90 Å². The summed E-state index contributed by atoms with van der Waals surface area (Å²) in [7, 11) is 0. The van der Waals surface area contributed by atoms with E-state index in [1.807, 2.05) is 5.38 Å². The summed E-state index contributed by atoms with van der Waals surface area (Å²) in [6.07, 6.45) is 3.26. The number of thiazole rings is 1. The maximum Gasteiger partial charge on any atom is 0.254 e. The number of piperazine rings is 1. The number of hydrogen-bond acceptors (Lipinski definition) is 5. The molecule has 2 amide bonds. The molecule has 0 unspecified atom stereocenters. The predicted octanol–water partition coefficient (Wildman–Crippen LogP) is 1.51. The Bertz CT molecular complexity index is 873. The number of H-pyrrole nitrogens is 1. The summed E-state index contributed by atoms with van der Waals surface area (Å²) in [4.78, 5) is 39.4. The SMILES string of the molecule is O=C(c1ccc2nc[nH]c2c1)N1CCN(c2nccs2)C(=O)C1. The third-order valence-electron chi connectivity index (χ3n) is 3.83. The maximum absolute atomic E-state index is 12.6. The number of hydrogen-bond donors (Lipinski definition) is 1. The van der Waals surface area contributed by atoms with Crippen molar-refractivity contribution >= 4 is 39.3 Å². The predicted molar refractivity (Wildman–Crippen MR) is 86.5 cm³/mol. The van der Waals surface area contributed by atoms with Gasteiger partial charge in [0.2, 0.25) is 5.91 Å². The van der Waals surface area contributed by atoms with Gasteiger partial charge in [0.05, 0.1) is 17.4 Å². The molecule has 1 N–H and O–H groups in total. The lowest BCUT2D eigenvalue weighted by atomic mass is 10.1. The zero-order valence-corrected chi connectivity index (χ0v) is 12.9. The second kappa shape index (κ2) is 5.47. The number of nitrogens with zero attached hydrogens (tertiary/aromatic N) is 4. The minimum absolute atomic E-state index is 0.0689. The van der Waals surface area contributed by atoms with Crippen molar-refractivity contribution in [2.45, 2.75) is 0 Å². The standard InChI is InChI=1S/C15H13N5O2S/c21-13-8-19(4-5-20(13)15-16-3-6-23-15)14(22)10-1-2-11-12(7-10)18-9-17-11/h1-3,6-7,9H,4-5,8H2,(H,17,18). The van der Waals surface area contributed by atoms with Gasteiger partial charge in [-0.15, -0.1) is 11.3 Å². The van der Waals surface area contributed by atoms with Crippen molar-refractivity contribution in [3.05, 3.63) is 41.7 Å². The summed E-state index contributed by atoms with van der Waals surface area (Å²) >= 11 is 1.42. The van der Waals surface area contributed by atoms with Gasteiger partial charge in [-0.1, -0.05) is 0 Å². The van der Waals surface area contributed by atoms with Gasteiger partial charge in [0.1, 0.15) is 6.54 Å². The van der Waals surface area contributed by atoms with Crippen LogP contribution in [0.5, 0.6) is 0 Å². The molecule has 0 spiro atoms. The summed E-state index contributed by atoms with van der Waals surface area (Å²) in [6, 6.07) is 5.30. The zero-order valence-electron chi connectivity index (χ0n) is 12.1. The number of aromatic amines is 1. The number of rotatable bonds is 2. The van der Waals surface area contributed by atoms with Gasteiger partial charge in [0.25, 0.3) is 5.91 Å². The summed E-state index contributed by atoms with van der Waals surface area (Å²) in [5.41, 5.74) is 2.17. The monoisotopic (exact) mass is 327 g/mol. The van der Waals surface area contributed by atoms with Crippen LogP contribution in [-0.2, 0) is 4.79 Å². The highest BCUT2D eigenvalue weighted by Gasteiger charge is 2.29. The number of benzene rings is 1. The highest BCUT2D eigenvalue weighted by Crippen LogP contribution is 2.21. The van der Waals surface area contributed by atoms with Crippen LogP contribution in [0.15, 0.2) is 36.1 Å². The Labute approximate surface area is 135 Å². The van der Waals surface area contributed by atoms with Crippen molar-refractivity contribution in [3.63, 3.8) is 0 Å². The van der Waals surface area contributed by atoms with Crippen LogP contribution in [0.2, 0.25) is 0 Å². The third-order valence-corrected chi connectivity index (χ3v) is 4.62. The molecule has 23 heavy (non-hydrogen) atoms. The van der Waals surface area contributed by atoms with E-state index in [9.17, 15) is 9.59 Å². The number of anilines is 1. The number of amides is 2. The minimum atomic E-state index is -0.145. The van der Waals surface area contributed by atoms with E-state index in [4.69, 9.17) is 0 Å². The molecule has 0 atom stereocenters. The fraction of sp³-hybridized carbons (Fsp3) is 0.200. The minimum Gasteiger partial charge on any atom is -0.345 e. The van der Waals surface area contributed by atoms with Crippen molar-refractivity contribution in [1.82, 2.24) is 19.9 Å². The average molecular weight is 327 g/mol. The van der Waals surface area contributed by atoms with Crippen LogP contribution in [0.3, 0.4) is 0 Å². The Morgan fingerprint density at radius 2 is 2.17 bits per heavy atom. The van der Waals surface area contributed by atoms with Crippen molar-refractivity contribution < 1.29 is 9.59 Å². The Morgan fingerprint density at radius 1 is 1.26 bits per heavy atom. The van der Waals surface area contributed by atoms with Crippen LogP contribution in [0.25, 0.3) is 11.0 Å². The van der Waals surface area contributed by atoms with Crippen molar-refractivity contribution in [3.8, 4) is 0 Å². The lowest BCUT2D eigenvalue weighted by Crippen LogP contribution is -2.52. The largest absolute Gasteiger partial charge is 0.345 e. The van der Waals surface area contributed by atoms with Gasteiger partial charge in [0.15, 0.2) is 5.13 Å². The van der Waals surface area contributed by atoms with Crippen LogP contribution >= 0.6 is 11.3 Å². The van der Waals surface area contributed by atoms with E-state index in [1.165, 1.54) is 11.3 Å². The van der Waals surface area contributed by atoms with Crippen LogP contribution in [0.4, 0.5) is 5.13 Å². The molecule has 8 heteroatoms. The number of fused-ring (bicyclic) bond motifs is 1. The first-order valence-electron chi connectivity index (χ1n) is 7.14. The van der Waals surface area contributed by atoms with Gasteiger partial charge in [-0.3, -0.25) is 14.5 Å². The summed E-state index contributed by atoms with van der Waals surface area (Å²) < 4.78 is 0. The van der Waals surface area contributed by atoms with Crippen molar-refractivity contribution in [2.24, 2.45) is 0 Å². The molecule has 1 aromatic carbocycles. The lowest BCUT2D eigenvalue weighted by molar-refractivity contribution is -0.120. The first kappa shape index (κ1) is 13.9. The van der Waals surface area contributed by atoms with Crippen LogP contribution in [-0.4, -0.2) is 51.3 Å². The smallest absolute Gasteiger partial charge is 0.254 e. The topological polar surface area (TPSA) is 82.2 Å². The van der Waals surface area contributed by atoms with E-state index >= 15 is 0 Å². The summed E-state index contributed by atoms with van der Waals surface area (Å²) in [6.45, 7) is 1.02. The number of imidazole rings is 1.